The summed E-state index contributed by atoms with van der Waals surface area (Å²) in [5.74, 6) is 2.88. The fraction of sp³-hybridized carbons (Fsp3) is 0.556. The number of fused-ring (bicyclic) bond motifs is 1. The van der Waals surface area contributed by atoms with Gasteiger partial charge in [0.2, 0.25) is 5.88 Å². The van der Waals surface area contributed by atoms with Gasteiger partial charge in [0, 0.05) is 34.3 Å². The predicted molar refractivity (Wildman–Crippen MR) is 136 cm³/mol. The second-order valence-corrected chi connectivity index (χ2v) is 12.1. The van der Waals surface area contributed by atoms with Crippen LogP contribution in [0.15, 0.2) is 16.8 Å². The number of hydrogen-bond donors (Lipinski definition) is 1. The van der Waals surface area contributed by atoms with E-state index in [1.807, 2.05) is 6.07 Å². The van der Waals surface area contributed by atoms with E-state index in [0.717, 1.165) is 67.7 Å². The minimum Gasteiger partial charge on any atom is -0.473 e. The Morgan fingerprint density at radius 1 is 1.36 bits per heavy atom. The minimum atomic E-state index is -0.322. The molecule has 3 aromatic heterocycles. The van der Waals surface area contributed by atoms with Crippen molar-refractivity contribution in [2.75, 3.05) is 19.3 Å². The highest BCUT2D eigenvalue weighted by Gasteiger charge is 2.61. The van der Waals surface area contributed by atoms with E-state index in [2.05, 4.69) is 35.1 Å². The highest BCUT2D eigenvalue weighted by Crippen LogP contribution is 2.67. The van der Waals surface area contributed by atoms with Gasteiger partial charge in [-0.2, -0.15) is 10.2 Å². The van der Waals surface area contributed by atoms with E-state index in [4.69, 9.17) is 20.0 Å². The molecule has 1 saturated carbocycles. The number of nitrogen functional groups attached to an aromatic ring is 1. The smallest absolute Gasteiger partial charge is 0.217 e. The molecule has 4 heterocycles. The van der Waals surface area contributed by atoms with Crippen LogP contribution in [0.1, 0.15) is 78.7 Å². The van der Waals surface area contributed by atoms with Crippen LogP contribution in [-0.2, 0) is 11.8 Å². The summed E-state index contributed by atoms with van der Waals surface area (Å²) in [4.78, 5) is 13.0. The highest BCUT2D eigenvalue weighted by atomic mass is 32.1. The Hall–Kier alpha value is -2.96. The third-order valence-electron chi connectivity index (χ3n) is 9.18. The number of ether oxygens (including phenoxy) is 1. The number of aromatic nitrogens is 3. The van der Waals surface area contributed by atoms with Crippen molar-refractivity contribution in [3.8, 4) is 23.5 Å². The van der Waals surface area contributed by atoms with Crippen LogP contribution in [-0.4, -0.2) is 45.8 Å². The van der Waals surface area contributed by atoms with E-state index in [0.29, 0.717) is 40.1 Å². The van der Waals surface area contributed by atoms with Crippen LogP contribution < -0.4 is 10.5 Å². The number of thiophene rings is 1. The molecule has 3 unspecified atom stereocenters. The lowest BCUT2D eigenvalue weighted by Gasteiger charge is -2.54. The summed E-state index contributed by atoms with van der Waals surface area (Å²) in [5, 5.41) is 15.2. The first-order valence-electron chi connectivity index (χ1n) is 13.0. The number of likely N-dealkylation sites (N-methyl/N-ethyl adjacent to an activating group) is 1. The molecule has 8 nitrogen and oxygen atoms in total. The van der Waals surface area contributed by atoms with E-state index < -0.39 is 0 Å². The quantitative estimate of drug-likeness (QED) is 0.549. The van der Waals surface area contributed by atoms with Gasteiger partial charge < -0.3 is 15.0 Å². The first kappa shape index (κ1) is 22.3. The number of anilines is 1. The van der Waals surface area contributed by atoms with E-state index in [1.165, 1.54) is 11.3 Å². The molecule has 0 aromatic carbocycles. The molecule has 0 amide bonds. The monoisotopic (exact) mass is 502 g/mol. The largest absolute Gasteiger partial charge is 0.473 e. The fourth-order valence-electron chi connectivity index (χ4n) is 7.46. The Morgan fingerprint density at radius 2 is 2.22 bits per heavy atom. The molecule has 0 radical (unpaired) electrons. The van der Waals surface area contributed by atoms with Crippen molar-refractivity contribution in [2.45, 2.75) is 75.3 Å². The molecule has 1 aliphatic heterocycles. The van der Waals surface area contributed by atoms with Crippen LogP contribution in [0.25, 0.3) is 11.5 Å². The molecule has 2 fully saturated rings. The molecule has 3 atom stereocenters. The molecule has 4 aliphatic carbocycles. The lowest BCUT2D eigenvalue weighted by atomic mass is 9.47. The highest BCUT2D eigenvalue weighted by molar-refractivity contribution is 7.16. The maximum Gasteiger partial charge on any atom is 0.217 e. The number of nitrogens with two attached hydrogens (primary N) is 1. The van der Waals surface area contributed by atoms with Crippen molar-refractivity contribution in [3.63, 3.8) is 0 Å². The van der Waals surface area contributed by atoms with Gasteiger partial charge in [-0.1, -0.05) is 5.16 Å². The average molecular weight is 503 g/mol. The first-order chi connectivity index (χ1) is 17.5. The average Bonchev–Trinajstić information content (AvgIpc) is 3.55. The van der Waals surface area contributed by atoms with Crippen LogP contribution in [0.4, 0.5) is 5.00 Å². The van der Waals surface area contributed by atoms with Crippen molar-refractivity contribution in [2.24, 2.45) is 5.92 Å². The van der Waals surface area contributed by atoms with E-state index in [-0.39, 0.29) is 11.5 Å². The zero-order chi connectivity index (χ0) is 24.6. The molecular formula is C27H30N6O2S. The van der Waals surface area contributed by atoms with Crippen LogP contribution in [0.2, 0.25) is 0 Å². The van der Waals surface area contributed by atoms with Gasteiger partial charge in [-0.15, -0.1) is 11.3 Å². The Balaban J connectivity index is 1.29. The van der Waals surface area contributed by atoms with Crippen LogP contribution in [0.5, 0.6) is 5.88 Å². The summed E-state index contributed by atoms with van der Waals surface area (Å²) >= 11 is 1.57. The predicted octanol–water partition coefficient (Wildman–Crippen LogP) is 4.64. The van der Waals surface area contributed by atoms with Crippen molar-refractivity contribution < 1.29 is 9.26 Å². The first-order valence-corrected chi connectivity index (χ1v) is 13.8. The van der Waals surface area contributed by atoms with Crippen molar-refractivity contribution in [1.82, 2.24) is 20.0 Å². The number of nitrogens with zero attached hydrogens (tertiary/aromatic N) is 5. The van der Waals surface area contributed by atoms with Gasteiger partial charge >= 0.3 is 0 Å². The maximum atomic E-state index is 10.00. The third kappa shape index (κ3) is 2.97. The topological polar surface area (TPSA) is 114 Å². The second kappa shape index (κ2) is 8.02. The van der Waals surface area contributed by atoms with Crippen LogP contribution in [0, 0.1) is 17.2 Å². The van der Waals surface area contributed by atoms with Gasteiger partial charge in [0.05, 0.1) is 11.0 Å². The molecule has 8 rings (SSSR count). The summed E-state index contributed by atoms with van der Waals surface area (Å²) in [6.07, 6.45) is 9.25. The van der Waals surface area contributed by atoms with Gasteiger partial charge in [0.1, 0.15) is 17.2 Å². The summed E-state index contributed by atoms with van der Waals surface area (Å²) < 4.78 is 12.5. The molecule has 5 aliphatic rings. The minimum absolute atomic E-state index is 0.0382. The van der Waals surface area contributed by atoms with Crippen molar-refractivity contribution in [1.29, 1.82) is 5.26 Å². The van der Waals surface area contributed by atoms with Gasteiger partial charge in [-0.3, -0.25) is 4.90 Å². The number of hydrogen-bond acceptors (Lipinski definition) is 9. The van der Waals surface area contributed by atoms with Crippen LogP contribution in [0.3, 0.4) is 0 Å². The number of nitriles is 1. The number of rotatable bonds is 4. The molecule has 9 heteroatoms. The number of likely N-dealkylation sites (tertiary alicyclic amines) is 1. The van der Waals surface area contributed by atoms with Crippen molar-refractivity contribution in [3.05, 3.63) is 39.6 Å². The fourth-order valence-corrected chi connectivity index (χ4v) is 8.61. The normalized spacial score (nSPS) is 29.3. The van der Waals surface area contributed by atoms with E-state index in [9.17, 15) is 5.26 Å². The Morgan fingerprint density at radius 3 is 3.00 bits per heavy atom. The summed E-state index contributed by atoms with van der Waals surface area (Å²) in [6.45, 7) is 3.22. The van der Waals surface area contributed by atoms with E-state index in [1.54, 1.807) is 17.5 Å². The van der Waals surface area contributed by atoms with Crippen LogP contribution >= 0.6 is 11.3 Å². The summed E-state index contributed by atoms with van der Waals surface area (Å²) in [7, 11) is 2.15. The van der Waals surface area contributed by atoms with Crippen molar-refractivity contribution >= 4 is 16.3 Å². The standard InChI is InChI=1S/C27H30N6O2S/c1-14(18-5-4-10-33(18)2)34-20-7-9-30-26(31-20)23-21-15-11-16(12-15)27(24(21)35-32-23)8-3-6-19-22(27)17(13-28)25(29)36-19/h7,9,14-16,18H,3-6,8,10-12,29H2,1-2H3. The Labute approximate surface area is 214 Å². The molecule has 1 spiro atoms. The zero-order valence-electron chi connectivity index (χ0n) is 20.7. The lowest BCUT2D eigenvalue weighted by Crippen LogP contribution is -2.50. The maximum absolute atomic E-state index is 10.00. The van der Waals surface area contributed by atoms with Gasteiger partial charge in [-0.05, 0) is 77.3 Å². The molecule has 1 saturated heterocycles. The molecular weight excluding hydrogens is 472 g/mol. The third-order valence-corrected chi connectivity index (χ3v) is 10.3. The molecule has 2 N–H and O–H groups in total. The van der Waals surface area contributed by atoms with Gasteiger partial charge in [0.25, 0.3) is 0 Å². The zero-order valence-corrected chi connectivity index (χ0v) is 21.5. The molecule has 186 valence electrons. The van der Waals surface area contributed by atoms with E-state index >= 15 is 0 Å². The lowest BCUT2D eigenvalue weighted by molar-refractivity contribution is 0.0932. The SMILES string of the molecule is CC(Oc1ccnc(-c2noc3c2C2CC(C2)C32CCCc3sc(N)c(C#N)c32)n1)C1CCCN1C. The number of aryl methyl sites for hydroxylation is 1. The second-order valence-electron chi connectivity index (χ2n) is 10.9. The Kier molecular flexibility index (Phi) is 4.96. The van der Waals surface area contributed by atoms with Gasteiger partial charge in [-0.25, -0.2) is 4.98 Å². The molecule has 3 aromatic rings. The molecule has 36 heavy (non-hydrogen) atoms. The Bertz CT molecular complexity index is 1390. The molecule has 2 bridgehead atoms. The summed E-state index contributed by atoms with van der Waals surface area (Å²) in [5.41, 5.74) is 9.59. The summed E-state index contributed by atoms with van der Waals surface area (Å²) in [6, 6.07) is 4.63. The van der Waals surface area contributed by atoms with Gasteiger partial charge in [0.15, 0.2) is 17.3 Å².